The van der Waals surface area contributed by atoms with Crippen LogP contribution in [0.2, 0.25) is 0 Å². The fraction of sp³-hybridized carbons (Fsp3) is 0.389. The number of carbonyl (C=O) groups is 1. The number of nitrogens with zero attached hydrogens (tertiary/aromatic N) is 1. The van der Waals surface area contributed by atoms with Gasteiger partial charge >= 0.3 is 0 Å². The Morgan fingerprint density at radius 3 is 2.63 bits per heavy atom. The van der Waals surface area contributed by atoms with E-state index in [0.717, 1.165) is 19.6 Å². The normalized spacial score (nSPS) is 16.2. The highest BCUT2D eigenvalue weighted by Gasteiger charge is 2.31. The van der Waals surface area contributed by atoms with Gasteiger partial charge in [0.2, 0.25) is 15.9 Å². The number of amides is 1. The Morgan fingerprint density at radius 1 is 1.30 bits per heavy atom. The van der Waals surface area contributed by atoms with Crippen LogP contribution in [0.1, 0.15) is 11.8 Å². The molecule has 27 heavy (non-hydrogen) atoms. The Balaban J connectivity index is 1.70. The molecule has 1 aromatic heterocycles. The summed E-state index contributed by atoms with van der Waals surface area (Å²) in [6, 6.07) is 8.69. The average molecular weight is 411 g/mol. The molecule has 0 aliphatic carbocycles. The predicted octanol–water partition coefficient (Wildman–Crippen LogP) is 0.804. The minimum atomic E-state index is -3.60. The highest BCUT2D eigenvalue weighted by Crippen LogP contribution is 2.29. The fourth-order valence-corrected chi connectivity index (χ4v) is 5.39. The van der Waals surface area contributed by atoms with Crippen molar-refractivity contribution in [2.45, 2.75) is 18.4 Å². The summed E-state index contributed by atoms with van der Waals surface area (Å²) < 4.78 is 32.7. The lowest BCUT2D eigenvalue weighted by atomic mass is 10.3. The maximum absolute atomic E-state index is 13.0. The van der Waals surface area contributed by atoms with E-state index in [0.29, 0.717) is 24.5 Å². The van der Waals surface area contributed by atoms with Gasteiger partial charge in [0.05, 0.1) is 48.7 Å². The van der Waals surface area contributed by atoms with E-state index in [1.54, 1.807) is 17.4 Å². The van der Waals surface area contributed by atoms with Gasteiger partial charge in [-0.15, -0.1) is 11.3 Å². The average Bonchev–Trinajstić information content (AvgIpc) is 3.15. The second-order valence-electron chi connectivity index (χ2n) is 6.45. The Morgan fingerprint density at radius 2 is 2.04 bits per heavy atom. The Bertz CT molecular complexity index is 889. The van der Waals surface area contributed by atoms with E-state index < -0.39 is 10.0 Å². The number of hydrogen-bond acceptors (Lipinski definition) is 5. The molecule has 146 valence electrons. The van der Waals surface area contributed by atoms with Crippen molar-refractivity contribution in [1.82, 2.24) is 4.31 Å². The Kier molecular flexibility index (Phi) is 6.15. The zero-order chi connectivity index (χ0) is 19.4. The molecule has 1 saturated heterocycles. The van der Waals surface area contributed by atoms with Crippen LogP contribution in [0.25, 0.3) is 0 Å². The van der Waals surface area contributed by atoms with Gasteiger partial charge in [-0.05, 0) is 23.6 Å². The van der Waals surface area contributed by atoms with E-state index in [1.165, 1.54) is 40.2 Å². The molecule has 2 heterocycles. The molecule has 2 aromatic rings. The van der Waals surface area contributed by atoms with Crippen molar-refractivity contribution in [2.24, 2.45) is 0 Å². The van der Waals surface area contributed by atoms with Crippen LogP contribution in [-0.4, -0.2) is 51.9 Å². The molecule has 9 heteroatoms. The van der Waals surface area contributed by atoms with Gasteiger partial charge in [0.15, 0.2) is 0 Å². The van der Waals surface area contributed by atoms with E-state index in [9.17, 15) is 13.2 Å². The van der Waals surface area contributed by atoms with Crippen molar-refractivity contribution in [3.63, 3.8) is 0 Å². The van der Waals surface area contributed by atoms with E-state index in [4.69, 9.17) is 4.74 Å². The van der Waals surface area contributed by atoms with Gasteiger partial charge in [-0.2, -0.15) is 4.31 Å². The number of ether oxygens (including phenoxy) is 1. The summed E-state index contributed by atoms with van der Waals surface area (Å²) in [5.41, 5.74) is 0.453. The summed E-state index contributed by atoms with van der Waals surface area (Å²) in [5.74, 6) is 0.0852. The zero-order valence-corrected chi connectivity index (χ0v) is 17.0. The van der Waals surface area contributed by atoms with Crippen LogP contribution in [0.5, 0.6) is 5.75 Å². The first-order valence-electron chi connectivity index (χ1n) is 8.72. The first kappa shape index (κ1) is 19.8. The minimum absolute atomic E-state index is 0.176. The van der Waals surface area contributed by atoms with Crippen molar-refractivity contribution < 1.29 is 22.8 Å². The topological polar surface area (TPSA) is 80.2 Å². The number of carbonyl (C=O) groups excluding carboxylic acids is 1. The molecule has 1 amide bonds. The minimum Gasteiger partial charge on any atom is -0.495 e. The molecule has 0 spiro atoms. The first-order chi connectivity index (χ1) is 12.9. The zero-order valence-electron chi connectivity index (χ0n) is 15.4. The number of anilines is 1. The molecule has 2 N–H and O–H groups in total. The third kappa shape index (κ3) is 4.67. The molecule has 1 fully saturated rings. The van der Waals surface area contributed by atoms with Gasteiger partial charge in [0.1, 0.15) is 12.3 Å². The van der Waals surface area contributed by atoms with Crippen LogP contribution in [0.15, 0.2) is 40.6 Å². The molecule has 1 aliphatic rings. The molecule has 3 rings (SSSR count). The maximum atomic E-state index is 13.0. The molecular weight excluding hydrogens is 386 g/mol. The summed E-state index contributed by atoms with van der Waals surface area (Å²) >= 11 is 1.73. The van der Waals surface area contributed by atoms with Crippen molar-refractivity contribution in [3.05, 3.63) is 40.6 Å². The molecule has 1 aromatic carbocycles. The Labute approximate surface area is 163 Å². The number of rotatable bonds is 6. The number of quaternary nitrogens is 1. The van der Waals surface area contributed by atoms with Crippen molar-refractivity contribution in [2.75, 3.05) is 38.6 Å². The highest BCUT2D eigenvalue weighted by molar-refractivity contribution is 7.89. The number of methoxy groups -OCH3 is 1. The number of nitrogens with one attached hydrogen (secondary N) is 2. The van der Waals surface area contributed by atoms with E-state index in [2.05, 4.69) is 16.8 Å². The largest absolute Gasteiger partial charge is 0.495 e. The molecular formula is C18H24N3O4S2+. The smallest absolute Gasteiger partial charge is 0.243 e. The van der Waals surface area contributed by atoms with Gasteiger partial charge in [-0.25, -0.2) is 8.42 Å². The van der Waals surface area contributed by atoms with Crippen LogP contribution < -0.4 is 15.0 Å². The summed E-state index contributed by atoms with van der Waals surface area (Å²) in [6.07, 6.45) is 0. The fourth-order valence-electron chi connectivity index (χ4n) is 3.15. The Hall–Kier alpha value is -1.94. The second kappa shape index (κ2) is 8.39. The van der Waals surface area contributed by atoms with Gasteiger partial charge in [0.25, 0.3) is 0 Å². The van der Waals surface area contributed by atoms with Crippen molar-refractivity contribution in [3.8, 4) is 5.75 Å². The van der Waals surface area contributed by atoms with E-state index >= 15 is 0 Å². The van der Waals surface area contributed by atoms with Crippen molar-refractivity contribution in [1.29, 1.82) is 0 Å². The van der Waals surface area contributed by atoms with E-state index in [-0.39, 0.29) is 10.8 Å². The molecule has 7 nitrogen and oxygen atoms in total. The van der Waals surface area contributed by atoms with Gasteiger partial charge in [-0.1, -0.05) is 6.07 Å². The summed E-state index contributed by atoms with van der Waals surface area (Å²) in [4.78, 5) is 14.1. The number of piperazine rings is 1. The highest BCUT2D eigenvalue weighted by atomic mass is 32.2. The SMILES string of the molecule is COc1cc(S(=O)(=O)N2CC[NH+](Cc3cccs3)CC2)ccc1NC(C)=O. The quantitative estimate of drug-likeness (QED) is 0.739. The van der Waals surface area contributed by atoms with Crippen LogP contribution >= 0.6 is 11.3 Å². The number of hydrogen-bond donors (Lipinski definition) is 2. The molecule has 0 atom stereocenters. The molecule has 0 bridgehead atoms. The predicted molar refractivity (Wildman–Crippen MR) is 105 cm³/mol. The number of thiophene rings is 1. The summed E-state index contributed by atoms with van der Waals surface area (Å²) in [6.45, 7) is 4.85. The monoisotopic (exact) mass is 410 g/mol. The summed E-state index contributed by atoms with van der Waals surface area (Å²) in [7, 11) is -2.15. The lowest BCUT2D eigenvalue weighted by Crippen LogP contribution is -3.13. The molecule has 1 aliphatic heterocycles. The molecule has 0 unspecified atom stereocenters. The van der Waals surface area contributed by atoms with Crippen LogP contribution in [0.3, 0.4) is 0 Å². The van der Waals surface area contributed by atoms with Crippen molar-refractivity contribution >= 4 is 33.0 Å². The van der Waals surface area contributed by atoms with Gasteiger partial charge < -0.3 is 15.0 Å². The van der Waals surface area contributed by atoms with Crippen LogP contribution in [0.4, 0.5) is 5.69 Å². The first-order valence-corrected chi connectivity index (χ1v) is 11.0. The number of benzene rings is 1. The van der Waals surface area contributed by atoms with Gasteiger partial charge in [0, 0.05) is 13.0 Å². The molecule has 0 radical (unpaired) electrons. The van der Waals surface area contributed by atoms with E-state index in [1.807, 2.05) is 6.07 Å². The third-order valence-electron chi connectivity index (χ3n) is 4.56. The standard InChI is InChI=1S/C18H23N3O4S2/c1-14(22)19-17-6-5-16(12-18(17)25-2)27(23,24)21-9-7-20(8-10-21)13-15-4-3-11-26-15/h3-6,11-12H,7-10,13H2,1-2H3,(H,19,22)/p+1. The molecule has 0 saturated carbocycles. The summed E-state index contributed by atoms with van der Waals surface area (Å²) in [5, 5.41) is 4.70. The van der Waals surface area contributed by atoms with Gasteiger partial charge in [-0.3, -0.25) is 4.79 Å². The third-order valence-corrected chi connectivity index (χ3v) is 7.33. The lowest BCUT2D eigenvalue weighted by molar-refractivity contribution is -0.917. The van der Waals surface area contributed by atoms with Crippen LogP contribution in [0, 0.1) is 0 Å². The second-order valence-corrected chi connectivity index (χ2v) is 9.42. The maximum Gasteiger partial charge on any atom is 0.243 e. The lowest BCUT2D eigenvalue weighted by Gasteiger charge is -2.31. The number of sulfonamides is 1. The van der Waals surface area contributed by atoms with Crippen LogP contribution in [-0.2, 0) is 21.4 Å².